The van der Waals surface area contributed by atoms with Gasteiger partial charge in [-0.3, -0.25) is 4.79 Å². The Kier molecular flexibility index (Phi) is 2.65. The van der Waals surface area contributed by atoms with Crippen LogP contribution in [0.25, 0.3) is 0 Å². The number of amides is 1. The quantitative estimate of drug-likeness (QED) is 0.779. The second-order valence-corrected chi connectivity index (χ2v) is 3.77. The van der Waals surface area contributed by atoms with Gasteiger partial charge in [0, 0.05) is 17.1 Å². The molecule has 1 unspecified atom stereocenters. The monoisotopic (exact) mass is 226 g/mol. The van der Waals surface area contributed by atoms with E-state index in [-0.39, 0.29) is 19.1 Å². The fourth-order valence-electron chi connectivity index (χ4n) is 1.81. The van der Waals surface area contributed by atoms with Gasteiger partial charge in [0.25, 0.3) is 0 Å². The van der Waals surface area contributed by atoms with Crippen molar-refractivity contribution < 1.29 is 9.90 Å². The number of anilines is 1. The summed E-state index contributed by atoms with van der Waals surface area (Å²) in [6.07, 6.45) is 0. The van der Waals surface area contributed by atoms with Gasteiger partial charge in [0.15, 0.2) is 0 Å². The van der Waals surface area contributed by atoms with Crippen molar-refractivity contribution >= 4 is 23.2 Å². The number of carbonyl (C=O) groups is 1. The number of hydrogen-bond acceptors (Lipinski definition) is 3. The summed E-state index contributed by atoms with van der Waals surface area (Å²) in [6.45, 7) is 0.157. The average Bonchev–Trinajstić information content (AvgIpc) is 2.45. The fraction of sp³-hybridized carbons (Fsp3) is 0.300. The molecule has 1 amide bonds. The average molecular weight is 227 g/mol. The molecule has 0 fully saturated rings. The van der Waals surface area contributed by atoms with Gasteiger partial charge in [-0.2, -0.15) is 0 Å². The molecular formula is C10H11ClN2O2. The van der Waals surface area contributed by atoms with Gasteiger partial charge in [-0.25, -0.2) is 0 Å². The molecule has 0 radical (unpaired) electrons. The van der Waals surface area contributed by atoms with Gasteiger partial charge in [0.2, 0.25) is 5.91 Å². The number of carbonyl (C=O) groups excluding carboxylic acids is 1. The molecule has 1 aliphatic rings. The van der Waals surface area contributed by atoms with Crippen molar-refractivity contribution in [2.24, 2.45) is 5.73 Å². The number of rotatable bonds is 2. The van der Waals surface area contributed by atoms with Crippen molar-refractivity contribution in [2.45, 2.75) is 6.04 Å². The molecule has 1 heterocycles. The summed E-state index contributed by atoms with van der Waals surface area (Å²) in [5, 5.41) is 9.35. The number of benzene rings is 1. The number of β-amino-alcohol motifs (C(OH)–C–C–N with tert-alkyl or cyclic N) is 1. The molecule has 2 rings (SSSR count). The summed E-state index contributed by atoms with van der Waals surface area (Å²) >= 11 is 5.97. The largest absolute Gasteiger partial charge is 0.395 e. The number of aliphatic hydroxyl groups is 1. The minimum Gasteiger partial charge on any atom is -0.395 e. The summed E-state index contributed by atoms with van der Waals surface area (Å²) in [5.41, 5.74) is 7.11. The fourth-order valence-corrected chi connectivity index (χ4v) is 2.10. The number of nitrogens with two attached hydrogens (primary N) is 1. The third-order valence-electron chi connectivity index (χ3n) is 2.49. The minimum atomic E-state index is -0.708. The summed E-state index contributed by atoms with van der Waals surface area (Å²) in [5.74, 6) is -0.216. The van der Waals surface area contributed by atoms with Crippen molar-refractivity contribution in [2.75, 3.05) is 18.1 Å². The predicted molar refractivity (Wildman–Crippen MR) is 57.8 cm³/mol. The molecule has 0 aliphatic carbocycles. The van der Waals surface area contributed by atoms with Crippen molar-refractivity contribution in [1.29, 1.82) is 0 Å². The van der Waals surface area contributed by atoms with Crippen LogP contribution in [-0.4, -0.2) is 24.2 Å². The first-order valence-corrected chi connectivity index (χ1v) is 5.01. The van der Waals surface area contributed by atoms with Gasteiger partial charge >= 0.3 is 0 Å². The highest BCUT2D eigenvalue weighted by Gasteiger charge is 2.35. The zero-order chi connectivity index (χ0) is 11.0. The number of hydrogen-bond donors (Lipinski definition) is 2. The molecule has 0 saturated heterocycles. The lowest BCUT2D eigenvalue weighted by molar-refractivity contribution is -0.119. The van der Waals surface area contributed by atoms with Gasteiger partial charge in [-0.15, -0.1) is 0 Å². The zero-order valence-corrected chi connectivity index (χ0v) is 8.74. The molecule has 4 nitrogen and oxygen atoms in total. The molecule has 1 aromatic rings. The Labute approximate surface area is 92.2 Å². The van der Waals surface area contributed by atoms with Gasteiger partial charge in [0.05, 0.1) is 12.3 Å². The van der Waals surface area contributed by atoms with Crippen LogP contribution in [0.15, 0.2) is 18.2 Å². The van der Waals surface area contributed by atoms with Crippen molar-refractivity contribution in [3.8, 4) is 0 Å². The molecular weight excluding hydrogens is 216 g/mol. The van der Waals surface area contributed by atoms with Gasteiger partial charge in [0.1, 0.15) is 6.04 Å². The Morgan fingerprint density at radius 2 is 2.27 bits per heavy atom. The Balaban J connectivity index is 2.50. The maximum atomic E-state index is 11.7. The molecule has 1 atom stereocenters. The molecule has 0 bridgehead atoms. The van der Waals surface area contributed by atoms with E-state index in [1.807, 2.05) is 0 Å². The topological polar surface area (TPSA) is 66.6 Å². The van der Waals surface area contributed by atoms with Crippen molar-refractivity contribution in [1.82, 2.24) is 0 Å². The van der Waals surface area contributed by atoms with Crippen LogP contribution >= 0.6 is 11.6 Å². The van der Waals surface area contributed by atoms with Crippen molar-refractivity contribution in [3.05, 3.63) is 28.8 Å². The number of fused-ring (bicyclic) bond motifs is 1. The van der Waals surface area contributed by atoms with Gasteiger partial charge < -0.3 is 15.7 Å². The highest BCUT2D eigenvalue weighted by atomic mass is 35.5. The molecule has 1 aliphatic heterocycles. The van der Waals surface area contributed by atoms with Crippen LogP contribution < -0.4 is 10.6 Å². The zero-order valence-electron chi connectivity index (χ0n) is 7.98. The van der Waals surface area contributed by atoms with E-state index in [1.54, 1.807) is 18.2 Å². The number of halogens is 1. The van der Waals surface area contributed by atoms with Crippen LogP contribution in [0, 0.1) is 0 Å². The van der Waals surface area contributed by atoms with Crippen LogP contribution in [0.4, 0.5) is 5.69 Å². The van der Waals surface area contributed by atoms with Crippen LogP contribution in [0.3, 0.4) is 0 Å². The lowest BCUT2D eigenvalue weighted by Gasteiger charge is -2.15. The second-order valence-electron chi connectivity index (χ2n) is 3.36. The van der Waals surface area contributed by atoms with Crippen LogP contribution in [0.2, 0.25) is 5.02 Å². The van der Waals surface area contributed by atoms with Crippen LogP contribution in [0.1, 0.15) is 11.6 Å². The lowest BCUT2D eigenvalue weighted by Crippen LogP contribution is -2.33. The molecule has 3 N–H and O–H groups in total. The maximum Gasteiger partial charge on any atom is 0.248 e. The number of aliphatic hydroxyl groups excluding tert-OH is 1. The minimum absolute atomic E-state index is 0.0928. The molecule has 15 heavy (non-hydrogen) atoms. The third kappa shape index (κ3) is 1.51. The number of nitrogens with zero attached hydrogens (tertiary/aromatic N) is 1. The molecule has 5 heteroatoms. The molecule has 80 valence electrons. The summed E-state index contributed by atoms with van der Waals surface area (Å²) < 4.78 is 0. The molecule has 0 spiro atoms. The Morgan fingerprint density at radius 1 is 1.53 bits per heavy atom. The maximum absolute atomic E-state index is 11.7. The van der Waals surface area contributed by atoms with E-state index >= 15 is 0 Å². The van der Waals surface area contributed by atoms with E-state index in [1.165, 1.54) is 4.90 Å². The highest BCUT2D eigenvalue weighted by molar-refractivity contribution is 6.32. The molecule has 1 aromatic carbocycles. The van der Waals surface area contributed by atoms with E-state index in [2.05, 4.69) is 0 Å². The van der Waals surface area contributed by atoms with Crippen LogP contribution in [0.5, 0.6) is 0 Å². The normalized spacial score (nSPS) is 19.5. The Morgan fingerprint density at radius 3 is 2.93 bits per heavy atom. The van der Waals surface area contributed by atoms with E-state index in [9.17, 15) is 4.79 Å². The summed E-state index contributed by atoms with van der Waals surface area (Å²) in [7, 11) is 0. The smallest absolute Gasteiger partial charge is 0.248 e. The van der Waals surface area contributed by atoms with E-state index in [0.29, 0.717) is 16.3 Å². The SMILES string of the molecule is NC1C(=O)N(CCO)c2cccc(Cl)c21. The lowest BCUT2D eigenvalue weighted by atomic mass is 10.1. The van der Waals surface area contributed by atoms with E-state index in [4.69, 9.17) is 22.4 Å². The summed E-state index contributed by atoms with van der Waals surface area (Å²) in [4.78, 5) is 13.2. The first kappa shape index (κ1) is 10.4. The van der Waals surface area contributed by atoms with Gasteiger partial charge in [-0.1, -0.05) is 17.7 Å². The standard InChI is InChI=1S/C10H11ClN2O2/c11-6-2-1-3-7-8(6)9(12)10(15)13(7)4-5-14/h1-3,9,14H,4-5,12H2. The summed E-state index contributed by atoms with van der Waals surface area (Å²) in [6, 6.07) is 4.54. The van der Waals surface area contributed by atoms with E-state index < -0.39 is 6.04 Å². The van der Waals surface area contributed by atoms with Gasteiger partial charge in [-0.05, 0) is 12.1 Å². The molecule has 0 saturated carbocycles. The predicted octanol–water partition coefficient (Wildman–Crippen LogP) is 0.679. The Bertz CT molecular complexity index is 408. The third-order valence-corrected chi connectivity index (χ3v) is 2.82. The Hall–Kier alpha value is -1.10. The van der Waals surface area contributed by atoms with Crippen molar-refractivity contribution in [3.63, 3.8) is 0 Å². The highest BCUT2D eigenvalue weighted by Crippen LogP contribution is 2.38. The van der Waals surface area contributed by atoms with E-state index in [0.717, 1.165) is 0 Å². The van der Waals surface area contributed by atoms with Crippen LogP contribution in [-0.2, 0) is 4.79 Å². The molecule has 0 aromatic heterocycles. The first-order chi connectivity index (χ1) is 7.16. The second kappa shape index (κ2) is 3.81. The first-order valence-electron chi connectivity index (χ1n) is 4.63.